The SMILES string of the molecule is CCCCCCOc1cccc(C(=O)Cl)c1. The summed E-state index contributed by atoms with van der Waals surface area (Å²) in [5.74, 6) is 0.711. The van der Waals surface area contributed by atoms with Crippen LogP contribution in [0.3, 0.4) is 0 Å². The molecule has 16 heavy (non-hydrogen) atoms. The highest BCUT2D eigenvalue weighted by molar-refractivity contribution is 6.67. The van der Waals surface area contributed by atoms with E-state index in [0.717, 1.165) is 6.42 Å². The van der Waals surface area contributed by atoms with Gasteiger partial charge in [0.15, 0.2) is 0 Å². The Hall–Kier alpha value is -1.02. The van der Waals surface area contributed by atoms with Crippen molar-refractivity contribution in [1.82, 2.24) is 0 Å². The van der Waals surface area contributed by atoms with Crippen LogP contribution < -0.4 is 4.74 Å². The summed E-state index contributed by atoms with van der Waals surface area (Å²) in [6.45, 7) is 2.87. The van der Waals surface area contributed by atoms with Crippen LogP contribution in [0, 0.1) is 0 Å². The minimum Gasteiger partial charge on any atom is -0.494 e. The fourth-order valence-electron chi connectivity index (χ4n) is 1.43. The first kappa shape index (κ1) is 13.0. The highest BCUT2D eigenvalue weighted by Crippen LogP contribution is 2.15. The van der Waals surface area contributed by atoms with E-state index in [1.165, 1.54) is 19.3 Å². The molecule has 0 saturated carbocycles. The molecule has 1 aromatic rings. The Morgan fingerprint density at radius 3 is 2.81 bits per heavy atom. The summed E-state index contributed by atoms with van der Waals surface area (Å²) in [4.78, 5) is 10.9. The molecule has 0 fully saturated rings. The quantitative estimate of drug-likeness (QED) is 0.531. The number of unbranched alkanes of at least 4 members (excludes halogenated alkanes) is 3. The van der Waals surface area contributed by atoms with Gasteiger partial charge in [-0.3, -0.25) is 4.79 Å². The van der Waals surface area contributed by atoms with E-state index < -0.39 is 5.24 Å². The van der Waals surface area contributed by atoms with Gasteiger partial charge in [0.25, 0.3) is 5.24 Å². The van der Waals surface area contributed by atoms with Gasteiger partial charge in [0.2, 0.25) is 0 Å². The fourth-order valence-corrected chi connectivity index (χ4v) is 1.54. The third-order valence-corrected chi connectivity index (χ3v) is 2.55. The molecule has 88 valence electrons. The maximum absolute atomic E-state index is 10.9. The maximum atomic E-state index is 10.9. The van der Waals surface area contributed by atoms with Crippen molar-refractivity contribution in [3.63, 3.8) is 0 Å². The molecule has 0 N–H and O–H groups in total. The lowest BCUT2D eigenvalue weighted by Crippen LogP contribution is -1.98. The highest BCUT2D eigenvalue weighted by atomic mass is 35.5. The van der Waals surface area contributed by atoms with Crippen molar-refractivity contribution < 1.29 is 9.53 Å². The zero-order valence-electron chi connectivity index (χ0n) is 9.54. The lowest BCUT2D eigenvalue weighted by molar-refractivity contribution is 0.108. The van der Waals surface area contributed by atoms with Gasteiger partial charge in [0, 0.05) is 5.56 Å². The molecule has 0 aliphatic rings. The first-order valence-electron chi connectivity index (χ1n) is 5.66. The summed E-state index contributed by atoms with van der Waals surface area (Å²) >= 11 is 5.38. The van der Waals surface area contributed by atoms with Crippen molar-refractivity contribution in [2.24, 2.45) is 0 Å². The van der Waals surface area contributed by atoms with Gasteiger partial charge in [-0.1, -0.05) is 32.3 Å². The van der Waals surface area contributed by atoms with Crippen LogP contribution >= 0.6 is 11.6 Å². The third-order valence-electron chi connectivity index (χ3n) is 2.33. The number of hydrogen-bond acceptors (Lipinski definition) is 2. The second kappa shape index (κ2) is 7.29. The molecule has 0 saturated heterocycles. The number of halogens is 1. The Morgan fingerprint density at radius 2 is 2.12 bits per heavy atom. The summed E-state index contributed by atoms with van der Waals surface area (Å²) in [6, 6.07) is 6.97. The molecule has 1 rings (SSSR count). The number of hydrogen-bond donors (Lipinski definition) is 0. The first-order valence-corrected chi connectivity index (χ1v) is 6.04. The van der Waals surface area contributed by atoms with Crippen LogP contribution in [0.25, 0.3) is 0 Å². The van der Waals surface area contributed by atoms with Crippen LogP contribution in [-0.4, -0.2) is 11.8 Å². The molecule has 0 spiro atoms. The first-order chi connectivity index (χ1) is 7.74. The predicted octanol–water partition coefficient (Wildman–Crippen LogP) is 4.02. The Kier molecular flexibility index (Phi) is 5.94. The molecule has 1 aromatic carbocycles. The molecule has 0 amide bonds. The molecular weight excluding hydrogens is 224 g/mol. The normalized spacial score (nSPS) is 10.1. The summed E-state index contributed by atoms with van der Waals surface area (Å²) < 4.78 is 5.53. The summed E-state index contributed by atoms with van der Waals surface area (Å²) in [6.07, 6.45) is 4.69. The smallest absolute Gasteiger partial charge is 0.252 e. The van der Waals surface area contributed by atoms with E-state index in [-0.39, 0.29) is 0 Å². The van der Waals surface area contributed by atoms with Gasteiger partial charge in [-0.2, -0.15) is 0 Å². The third kappa shape index (κ3) is 4.67. The number of rotatable bonds is 7. The Bertz CT molecular complexity index is 336. The molecular formula is C13H17ClO2. The molecule has 0 radical (unpaired) electrons. The second-order valence-electron chi connectivity index (χ2n) is 3.71. The van der Waals surface area contributed by atoms with Crippen LogP contribution in [0.2, 0.25) is 0 Å². The average molecular weight is 241 g/mol. The number of carbonyl (C=O) groups excluding carboxylic acids is 1. The van der Waals surface area contributed by atoms with E-state index in [4.69, 9.17) is 16.3 Å². The zero-order chi connectivity index (χ0) is 11.8. The molecule has 0 bridgehead atoms. The van der Waals surface area contributed by atoms with Crippen LogP contribution in [0.1, 0.15) is 43.0 Å². The van der Waals surface area contributed by atoms with Gasteiger partial charge in [-0.15, -0.1) is 0 Å². The van der Waals surface area contributed by atoms with E-state index in [1.54, 1.807) is 18.2 Å². The van der Waals surface area contributed by atoms with Gasteiger partial charge >= 0.3 is 0 Å². The van der Waals surface area contributed by atoms with E-state index in [9.17, 15) is 4.79 Å². The van der Waals surface area contributed by atoms with Crippen molar-refractivity contribution in [2.45, 2.75) is 32.6 Å². The number of benzene rings is 1. The van der Waals surface area contributed by atoms with Crippen molar-refractivity contribution in [3.05, 3.63) is 29.8 Å². The summed E-state index contributed by atoms with van der Waals surface area (Å²) in [7, 11) is 0. The zero-order valence-corrected chi connectivity index (χ0v) is 10.3. The van der Waals surface area contributed by atoms with Crippen LogP contribution in [0.4, 0.5) is 0 Å². The lowest BCUT2D eigenvalue weighted by atomic mass is 10.2. The Balaban J connectivity index is 2.36. The fraction of sp³-hybridized carbons (Fsp3) is 0.462. The monoisotopic (exact) mass is 240 g/mol. The average Bonchev–Trinajstić information content (AvgIpc) is 2.29. The van der Waals surface area contributed by atoms with Gasteiger partial charge in [0.1, 0.15) is 5.75 Å². The van der Waals surface area contributed by atoms with Crippen LogP contribution in [0.5, 0.6) is 5.75 Å². The van der Waals surface area contributed by atoms with Crippen LogP contribution in [-0.2, 0) is 0 Å². The molecule has 0 aliphatic carbocycles. The highest BCUT2D eigenvalue weighted by Gasteiger charge is 2.02. The molecule has 0 heterocycles. The van der Waals surface area contributed by atoms with Gasteiger partial charge < -0.3 is 4.74 Å². The second-order valence-corrected chi connectivity index (χ2v) is 4.05. The molecule has 2 nitrogen and oxygen atoms in total. The van der Waals surface area contributed by atoms with Crippen molar-refractivity contribution in [1.29, 1.82) is 0 Å². The van der Waals surface area contributed by atoms with Crippen molar-refractivity contribution >= 4 is 16.8 Å². The van der Waals surface area contributed by atoms with Crippen molar-refractivity contribution in [3.8, 4) is 5.75 Å². The molecule has 0 aromatic heterocycles. The number of carbonyl (C=O) groups is 1. The Labute approximate surface area is 102 Å². The lowest BCUT2D eigenvalue weighted by Gasteiger charge is -2.06. The van der Waals surface area contributed by atoms with Gasteiger partial charge in [-0.25, -0.2) is 0 Å². The largest absolute Gasteiger partial charge is 0.494 e. The summed E-state index contributed by atoms with van der Waals surface area (Å²) in [5, 5.41) is -0.448. The van der Waals surface area contributed by atoms with E-state index in [0.29, 0.717) is 17.9 Å². The molecule has 0 aliphatic heterocycles. The summed E-state index contributed by atoms with van der Waals surface area (Å²) in [5.41, 5.74) is 0.479. The minimum absolute atomic E-state index is 0.448. The standard InChI is InChI=1S/C13H17ClO2/c1-2-3-4-5-9-16-12-8-6-7-11(10-12)13(14)15/h6-8,10H,2-5,9H2,1H3. The molecule has 3 heteroatoms. The van der Waals surface area contributed by atoms with Crippen molar-refractivity contribution in [2.75, 3.05) is 6.61 Å². The molecule has 0 unspecified atom stereocenters. The molecule has 0 atom stereocenters. The van der Waals surface area contributed by atoms with E-state index in [1.807, 2.05) is 6.07 Å². The van der Waals surface area contributed by atoms with E-state index in [2.05, 4.69) is 6.92 Å². The van der Waals surface area contributed by atoms with Gasteiger partial charge in [0.05, 0.1) is 6.61 Å². The van der Waals surface area contributed by atoms with E-state index >= 15 is 0 Å². The predicted molar refractivity (Wildman–Crippen MR) is 66.3 cm³/mol. The van der Waals surface area contributed by atoms with Crippen LogP contribution in [0.15, 0.2) is 24.3 Å². The minimum atomic E-state index is -0.448. The Morgan fingerprint density at radius 1 is 1.31 bits per heavy atom. The van der Waals surface area contributed by atoms with Gasteiger partial charge in [-0.05, 0) is 36.2 Å². The topological polar surface area (TPSA) is 26.3 Å². The number of ether oxygens (including phenoxy) is 1. The maximum Gasteiger partial charge on any atom is 0.252 e.